The summed E-state index contributed by atoms with van der Waals surface area (Å²) >= 11 is 0. The molecule has 0 aromatic rings. The van der Waals surface area contributed by atoms with E-state index in [1.165, 1.54) is 18.4 Å². The number of nitrogens with one attached hydrogen (secondary N) is 1. The molecule has 88 valence electrons. The molecule has 1 amide bonds. The van der Waals surface area contributed by atoms with Crippen molar-refractivity contribution in [3.63, 3.8) is 0 Å². The maximum absolute atomic E-state index is 11.7. The van der Waals surface area contributed by atoms with E-state index in [1.54, 1.807) is 0 Å². The van der Waals surface area contributed by atoms with Crippen molar-refractivity contribution in [2.45, 2.75) is 57.9 Å². The van der Waals surface area contributed by atoms with E-state index < -0.39 is 0 Å². The standard InChI is InChI=1S/C14H21NO/c1-3-8-13(4-2)15-14(16)11-12-9-6-5-7-10-12/h1,9,13H,4-8,10-11H2,2H3,(H,15,16). The van der Waals surface area contributed by atoms with E-state index in [9.17, 15) is 4.79 Å². The fraction of sp³-hybridized carbons (Fsp3) is 0.643. The summed E-state index contributed by atoms with van der Waals surface area (Å²) in [4.78, 5) is 11.7. The van der Waals surface area contributed by atoms with E-state index in [2.05, 4.69) is 17.3 Å². The third kappa shape index (κ3) is 4.53. The first-order valence-corrected chi connectivity index (χ1v) is 6.17. The summed E-state index contributed by atoms with van der Waals surface area (Å²) in [6.45, 7) is 2.04. The molecule has 1 aliphatic rings. The lowest BCUT2D eigenvalue weighted by Gasteiger charge is -2.16. The molecule has 1 aliphatic carbocycles. The zero-order chi connectivity index (χ0) is 11.8. The van der Waals surface area contributed by atoms with E-state index in [1.807, 2.05) is 6.92 Å². The van der Waals surface area contributed by atoms with Crippen LogP contribution >= 0.6 is 0 Å². The first kappa shape index (κ1) is 12.8. The van der Waals surface area contributed by atoms with E-state index in [0.29, 0.717) is 12.8 Å². The number of amides is 1. The molecule has 0 aromatic carbocycles. The quantitative estimate of drug-likeness (QED) is 0.559. The minimum atomic E-state index is 0.121. The molecule has 1 unspecified atom stereocenters. The Morgan fingerprint density at radius 2 is 2.44 bits per heavy atom. The summed E-state index contributed by atoms with van der Waals surface area (Å²) in [5.74, 6) is 2.72. The number of allylic oxidation sites excluding steroid dienone is 1. The van der Waals surface area contributed by atoms with Gasteiger partial charge in [-0.3, -0.25) is 4.79 Å². The van der Waals surface area contributed by atoms with Crippen LogP contribution in [0.5, 0.6) is 0 Å². The van der Waals surface area contributed by atoms with Gasteiger partial charge in [-0.15, -0.1) is 12.3 Å². The average molecular weight is 219 g/mol. The Hall–Kier alpha value is -1.23. The average Bonchev–Trinajstić information content (AvgIpc) is 2.29. The zero-order valence-corrected chi connectivity index (χ0v) is 10.1. The highest BCUT2D eigenvalue weighted by Crippen LogP contribution is 2.19. The number of hydrogen-bond donors (Lipinski definition) is 1. The van der Waals surface area contributed by atoms with Crippen molar-refractivity contribution in [1.29, 1.82) is 0 Å². The molecule has 16 heavy (non-hydrogen) atoms. The van der Waals surface area contributed by atoms with Gasteiger partial charge < -0.3 is 5.32 Å². The van der Waals surface area contributed by atoms with Crippen LogP contribution in [0.3, 0.4) is 0 Å². The predicted molar refractivity (Wildman–Crippen MR) is 66.8 cm³/mol. The van der Waals surface area contributed by atoms with Gasteiger partial charge in [-0.25, -0.2) is 0 Å². The summed E-state index contributed by atoms with van der Waals surface area (Å²) in [6.07, 6.45) is 14.2. The first-order valence-electron chi connectivity index (χ1n) is 6.17. The van der Waals surface area contributed by atoms with Crippen LogP contribution in [0.1, 0.15) is 51.9 Å². The minimum Gasteiger partial charge on any atom is -0.352 e. The van der Waals surface area contributed by atoms with Crippen LogP contribution in [0.2, 0.25) is 0 Å². The molecule has 0 radical (unpaired) electrons. The maximum atomic E-state index is 11.7. The van der Waals surface area contributed by atoms with Gasteiger partial charge in [0.2, 0.25) is 5.91 Å². The molecule has 1 N–H and O–H groups in total. The van der Waals surface area contributed by atoms with Gasteiger partial charge in [0.25, 0.3) is 0 Å². The van der Waals surface area contributed by atoms with E-state index >= 15 is 0 Å². The van der Waals surface area contributed by atoms with Crippen molar-refractivity contribution >= 4 is 5.91 Å². The van der Waals surface area contributed by atoms with Gasteiger partial charge in [-0.05, 0) is 32.1 Å². The lowest BCUT2D eigenvalue weighted by Crippen LogP contribution is -2.34. The molecule has 0 saturated heterocycles. The summed E-state index contributed by atoms with van der Waals surface area (Å²) < 4.78 is 0. The zero-order valence-electron chi connectivity index (χ0n) is 10.1. The van der Waals surface area contributed by atoms with Gasteiger partial charge in [-0.2, -0.15) is 0 Å². The highest BCUT2D eigenvalue weighted by molar-refractivity contribution is 5.78. The molecule has 0 spiro atoms. The number of carbonyl (C=O) groups is 1. The molecule has 1 rings (SSSR count). The third-order valence-corrected chi connectivity index (χ3v) is 2.99. The van der Waals surface area contributed by atoms with Crippen LogP contribution in [-0.4, -0.2) is 11.9 Å². The Labute approximate surface area is 98.5 Å². The van der Waals surface area contributed by atoms with Gasteiger partial charge in [0.15, 0.2) is 0 Å². The molecule has 0 saturated carbocycles. The van der Waals surface area contributed by atoms with Crippen LogP contribution in [0.4, 0.5) is 0 Å². The van der Waals surface area contributed by atoms with Crippen LogP contribution in [0.15, 0.2) is 11.6 Å². The second-order valence-corrected chi connectivity index (χ2v) is 4.37. The molecule has 0 fully saturated rings. The monoisotopic (exact) mass is 219 g/mol. The second kappa shape index (κ2) is 7.11. The maximum Gasteiger partial charge on any atom is 0.224 e. The fourth-order valence-electron chi connectivity index (χ4n) is 1.99. The summed E-state index contributed by atoms with van der Waals surface area (Å²) in [5.41, 5.74) is 1.29. The largest absolute Gasteiger partial charge is 0.352 e. The van der Waals surface area contributed by atoms with E-state index in [4.69, 9.17) is 6.42 Å². The van der Waals surface area contributed by atoms with Crippen molar-refractivity contribution in [2.75, 3.05) is 0 Å². The van der Waals surface area contributed by atoms with Crippen LogP contribution in [0, 0.1) is 12.3 Å². The number of hydrogen-bond acceptors (Lipinski definition) is 1. The first-order chi connectivity index (χ1) is 7.76. The molecular formula is C14H21NO. The number of rotatable bonds is 5. The van der Waals surface area contributed by atoms with Crippen molar-refractivity contribution in [3.05, 3.63) is 11.6 Å². The predicted octanol–water partition coefficient (Wildman–Crippen LogP) is 2.80. The second-order valence-electron chi connectivity index (χ2n) is 4.37. The summed E-state index contributed by atoms with van der Waals surface area (Å²) in [5, 5.41) is 2.99. The van der Waals surface area contributed by atoms with E-state index in [0.717, 1.165) is 19.3 Å². The molecule has 0 heterocycles. The van der Waals surface area contributed by atoms with Crippen molar-refractivity contribution in [3.8, 4) is 12.3 Å². The van der Waals surface area contributed by atoms with Crippen molar-refractivity contribution < 1.29 is 4.79 Å². The van der Waals surface area contributed by atoms with Crippen LogP contribution < -0.4 is 5.32 Å². The van der Waals surface area contributed by atoms with Gasteiger partial charge in [0.05, 0.1) is 0 Å². The van der Waals surface area contributed by atoms with Gasteiger partial charge >= 0.3 is 0 Å². The molecule has 2 heteroatoms. The molecule has 1 atom stereocenters. The minimum absolute atomic E-state index is 0.121. The Morgan fingerprint density at radius 1 is 1.62 bits per heavy atom. The summed E-state index contributed by atoms with van der Waals surface area (Å²) in [7, 11) is 0. The Balaban J connectivity index is 2.34. The highest BCUT2D eigenvalue weighted by atomic mass is 16.1. The third-order valence-electron chi connectivity index (χ3n) is 2.99. The molecule has 2 nitrogen and oxygen atoms in total. The molecule has 0 aromatic heterocycles. The Bertz CT molecular complexity index is 298. The molecular weight excluding hydrogens is 198 g/mol. The van der Waals surface area contributed by atoms with Gasteiger partial charge in [-0.1, -0.05) is 18.6 Å². The molecule has 0 aliphatic heterocycles. The SMILES string of the molecule is C#CCC(CC)NC(=O)CC1=CCCCC1. The van der Waals surface area contributed by atoms with Crippen molar-refractivity contribution in [1.82, 2.24) is 5.32 Å². The molecule has 0 bridgehead atoms. The fourth-order valence-corrected chi connectivity index (χ4v) is 1.99. The number of terminal acetylenes is 1. The highest BCUT2D eigenvalue weighted by Gasteiger charge is 2.12. The smallest absolute Gasteiger partial charge is 0.224 e. The lowest BCUT2D eigenvalue weighted by molar-refractivity contribution is -0.121. The number of carbonyl (C=O) groups excluding carboxylic acids is 1. The van der Waals surface area contributed by atoms with Crippen LogP contribution in [-0.2, 0) is 4.79 Å². The van der Waals surface area contributed by atoms with Crippen LogP contribution in [0.25, 0.3) is 0 Å². The van der Waals surface area contributed by atoms with Gasteiger partial charge in [0.1, 0.15) is 0 Å². The summed E-state index contributed by atoms with van der Waals surface area (Å²) in [6, 6.07) is 0.140. The topological polar surface area (TPSA) is 29.1 Å². The Kier molecular flexibility index (Phi) is 5.71. The Morgan fingerprint density at radius 3 is 3.00 bits per heavy atom. The van der Waals surface area contributed by atoms with E-state index in [-0.39, 0.29) is 11.9 Å². The normalized spacial score (nSPS) is 17.1. The van der Waals surface area contributed by atoms with Crippen molar-refractivity contribution in [2.24, 2.45) is 0 Å². The van der Waals surface area contributed by atoms with Gasteiger partial charge in [0, 0.05) is 18.9 Å². The lowest BCUT2D eigenvalue weighted by atomic mass is 9.97.